The first kappa shape index (κ1) is 9.97. The molecule has 2 aromatic carbocycles. The van der Waals surface area contributed by atoms with E-state index in [9.17, 15) is 0 Å². The van der Waals surface area contributed by atoms with E-state index in [2.05, 4.69) is 18.2 Å². The Hall–Kier alpha value is -2.22. The molecule has 1 unspecified atom stereocenters. The van der Waals surface area contributed by atoms with Gasteiger partial charge in [0.15, 0.2) is 0 Å². The quantitative estimate of drug-likeness (QED) is 0.729. The number of allylic oxidation sites excluding steroid dienone is 1. The number of nitrogens with two attached hydrogens (primary N) is 2. The molecule has 3 rings (SSSR count). The smallest absolute Gasteiger partial charge is 0.0492 e. The van der Waals surface area contributed by atoms with Gasteiger partial charge in [-0.05, 0) is 23.3 Å². The maximum atomic E-state index is 6.14. The maximum Gasteiger partial charge on any atom is 0.0492 e. The topological polar surface area (TPSA) is 52.0 Å². The van der Waals surface area contributed by atoms with Crippen molar-refractivity contribution in [1.82, 2.24) is 0 Å². The second-order valence-corrected chi connectivity index (χ2v) is 4.34. The van der Waals surface area contributed by atoms with Crippen molar-refractivity contribution >= 4 is 11.8 Å². The largest absolute Gasteiger partial charge is 0.401 e. The van der Waals surface area contributed by atoms with Gasteiger partial charge < -0.3 is 11.5 Å². The molecule has 0 heterocycles. The molecule has 0 amide bonds. The molecule has 84 valence electrons. The molecule has 1 aliphatic rings. The third-order valence-corrected chi connectivity index (χ3v) is 3.26. The van der Waals surface area contributed by atoms with E-state index in [-0.39, 0.29) is 5.92 Å². The van der Waals surface area contributed by atoms with E-state index in [0.29, 0.717) is 0 Å². The summed E-state index contributed by atoms with van der Waals surface area (Å²) >= 11 is 0. The molecule has 1 atom stereocenters. The van der Waals surface area contributed by atoms with Gasteiger partial charge in [0.05, 0.1) is 0 Å². The van der Waals surface area contributed by atoms with Crippen LogP contribution in [0.1, 0.15) is 22.6 Å². The summed E-state index contributed by atoms with van der Waals surface area (Å²) < 4.78 is 0. The zero-order valence-electron chi connectivity index (χ0n) is 9.43. The van der Waals surface area contributed by atoms with Crippen LogP contribution in [0.25, 0.3) is 6.08 Å². The molecule has 17 heavy (non-hydrogen) atoms. The molecule has 0 saturated heterocycles. The Kier molecular flexibility index (Phi) is 2.15. The fourth-order valence-corrected chi connectivity index (χ4v) is 2.47. The van der Waals surface area contributed by atoms with Crippen LogP contribution >= 0.6 is 0 Å². The second-order valence-electron chi connectivity index (χ2n) is 4.34. The molecule has 0 aliphatic heterocycles. The van der Waals surface area contributed by atoms with Crippen LogP contribution in [0.2, 0.25) is 0 Å². The van der Waals surface area contributed by atoms with E-state index in [4.69, 9.17) is 11.5 Å². The zero-order chi connectivity index (χ0) is 11.8. The van der Waals surface area contributed by atoms with Crippen molar-refractivity contribution in [3.05, 3.63) is 70.9 Å². The number of hydrogen-bond donors (Lipinski definition) is 2. The van der Waals surface area contributed by atoms with Crippen molar-refractivity contribution in [3.8, 4) is 0 Å². The molecule has 0 bridgehead atoms. The van der Waals surface area contributed by atoms with Crippen molar-refractivity contribution in [2.75, 3.05) is 5.73 Å². The molecule has 1 aliphatic carbocycles. The van der Waals surface area contributed by atoms with Crippen LogP contribution in [0, 0.1) is 0 Å². The van der Waals surface area contributed by atoms with E-state index in [0.717, 1.165) is 16.9 Å². The molecule has 0 saturated carbocycles. The third-order valence-electron chi connectivity index (χ3n) is 3.26. The first-order valence-corrected chi connectivity index (χ1v) is 5.68. The van der Waals surface area contributed by atoms with Gasteiger partial charge >= 0.3 is 0 Å². The lowest BCUT2D eigenvalue weighted by molar-refractivity contribution is 0.959. The number of nitrogen functional groups attached to an aromatic ring is 1. The SMILES string of the molecule is NC1=Cc2c(N)cccc2C1c1ccccc1. The Balaban J connectivity index is 2.17. The summed E-state index contributed by atoms with van der Waals surface area (Å²) in [7, 11) is 0. The van der Waals surface area contributed by atoms with Crippen LogP contribution < -0.4 is 11.5 Å². The lowest BCUT2D eigenvalue weighted by atomic mass is 9.91. The lowest BCUT2D eigenvalue weighted by Crippen LogP contribution is -2.07. The van der Waals surface area contributed by atoms with Crippen molar-refractivity contribution in [2.45, 2.75) is 5.92 Å². The molecule has 0 aromatic heterocycles. The average Bonchev–Trinajstić information content (AvgIpc) is 2.68. The van der Waals surface area contributed by atoms with E-state index >= 15 is 0 Å². The molecule has 2 heteroatoms. The van der Waals surface area contributed by atoms with Crippen molar-refractivity contribution in [2.24, 2.45) is 5.73 Å². The summed E-state index contributed by atoms with van der Waals surface area (Å²) in [6, 6.07) is 16.3. The Morgan fingerprint density at radius 1 is 0.824 bits per heavy atom. The van der Waals surface area contributed by atoms with Crippen molar-refractivity contribution in [1.29, 1.82) is 0 Å². The number of hydrogen-bond acceptors (Lipinski definition) is 2. The van der Waals surface area contributed by atoms with Crippen LogP contribution in [0.4, 0.5) is 5.69 Å². The monoisotopic (exact) mass is 222 g/mol. The molecule has 0 radical (unpaired) electrons. The van der Waals surface area contributed by atoms with Gasteiger partial charge in [-0.2, -0.15) is 0 Å². The van der Waals surface area contributed by atoms with Crippen molar-refractivity contribution in [3.63, 3.8) is 0 Å². The second kappa shape index (κ2) is 3.67. The summed E-state index contributed by atoms with van der Waals surface area (Å²) in [5.74, 6) is 0.148. The highest BCUT2D eigenvalue weighted by atomic mass is 14.6. The van der Waals surface area contributed by atoms with Gasteiger partial charge in [-0.3, -0.25) is 0 Å². The Morgan fingerprint density at radius 3 is 2.35 bits per heavy atom. The van der Waals surface area contributed by atoms with Gasteiger partial charge in [-0.15, -0.1) is 0 Å². The number of fused-ring (bicyclic) bond motifs is 1. The van der Waals surface area contributed by atoms with Crippen molar-refractivity contribution < 1.29 is 0 Å². The molecule has 2 nitrogen and oxygen atoms in total. The minimum atomic E-state index is 0.148. The first-order valence-electron chi connectivity index (χ1n) is 5.68. The number of rotatable bonds is 1. The van der Waals surface area contributed by atoms with Crippen LogP contribution in [0.5, 0.6) is 0 Å². The summed E-state index contributed by atoms with van der Waals surface area (Å²) in [5.41, 5.74) is 17.3. The van der Waals surface area contributed by atoms with Gasteiger partial charge in [0.1, 0.15) is 0 Å². The molecular formula is C15H14N2. The molecule has 4 N–H and O–H groups in total. The molecular weight excluding hydrogens is 208 g/mol. The van der Waals surface area contributed by atoms with E-state index in [1.807, 2.05) is 36.4 Å². The number of anilines is 1. The summed E-state index contributed by atoms with van der Waals surface area (Å²) in [6.45, 7) is 0. The van der Waals surface area contributed by atoms with Gasteiger partial charge in [0.2, 0.25) is 0 Å². The van der Waals surface area contributed by atoms with Gasteiger partial charge in [-0.1, -0.05) is 42.5 Å². The highest BCUT2D eigenvalue weighted by molar-refractivity contribution is 5.76. The van der Waals surface area contributed by atoms with Crippen LogP contribution in [0.3, 0.4) is 0 Å². The standard InChI is InChI=1S/C15H14N2/c16-13-8-4-7-11-12(13)9-14(17)15(11)10-5-2-1-3-6-10/h1-9,15H,16-17H2. The predicted molar refractivity (Wildman–Crippen MR) is 71.3 cm³/mol. The maximum absolute atomic E-state index is 6.14. The average molecular weight is 222 g/mol. The first-order chi connectivity index (χ1) is 8.27. The highest BCUT2D eigenvalue weighted by Crippen LogP contribution is 2.40. The molecule has 2 aromatic rings. The molecule has 0 spiro atoms. The molecule has 0 fully saturated rings. The number of benzene rings is 2. The Labute approximate surface area is 101 Å². The van der Waals surface area contributed by atoms with Crippen LogP contribution in [0.15, 0.2) is 54.2 Å². The third kappa shape index (κ3) is 1.49. The summed E-state index contributed by atoms with van der Waals surface area (Å²) in [6.07, 6.45) is 1.99. The summed E-state index contributed by atoms with van der Waals surface area (Å²) in [4.78, 5) is 0. The predicted octanol–water partition coefficient (Wildman–Crippen LogP) is 2.71. The highest BCUT2D eigenvalue weighted by Gasteiger charge is 2.25. The normalized spacial score (nSPS) is 17.6. The fourth-order valence-electron chi connectivity index (χ4n) is 2.47. The van der Waals surface area contributed by atoms with Crippen LogP contribution in [-0.2, 0) is 0 Å². The Morgan fingerprint density at radius 2 is 1.59 bits per heavy atom. The Bertz CT molecular complexity index is 585. The van der Waals surface area contributed by atoms with E-state index in [1.165, 1.54) is 11.1 Å². The van der Waals surface area contributed by atoms with E-state index in [1.54, 1.807) is 0 Å². The minimum Gasteiger partial charge on any atom is -0.401 e. The minimum absolute atomic E-state index is 0.148. The van der Waals surface area contributed by atoms with Gasteiger partial charge in [0.25, 0.3) is 0 Å². The fraction of sp³-hybridized carbons (Fsp3) is 0.0667. The summed E-state index contributed by atoms with van der Waals surface area (Å²) in [5, 5.41) is 0. The lowest BCUT2D eigenvalue weighted by Gasteiger charge is -2.14. The van der Waals surface area contributed by atoms with E-state index < -0.39 is 0 Å². The van der Waals surface area contributed by atoms with Crippen LogP contribution in [-0.4, -0.2) is 0 Å². The zero-order valence-corrected chi connectivity index (χ0v) is 9.43. The van der Waals surface area contributed by atoms with Gasteiger partial charge in [-0.25, -0.2) is 0 Å². The van der Waals surface area contributed by atoms with Gasteiger partial charge in [0, 0.05) is 22.9 Å².